The van der Waals surface area contributed by atoms with Crippen LogP contribution >= 0.6 is 0 Å². The number of unbranched alkanes of at least 4 members (excludes halogenated alkanes) is 15. The molecule has 0 saturated heterocycles. The molecule has 170 valence electrons. The number of quaternary nitrogens is 1. The highest BCUT2D eigenvalue weighted by Crippen LogP contribution is 2.22. The second kappa shape index (κ2) is 20.2. The van der Waals surface area contributed by atoms with Gasteiger partial charge in [-0.05, 0) is 32.1 Å². The molecule has 0 saturated carbocycles. The zero-order valence-corrected chi connectivity index (χ0v) is 20.9. The minimum atomic E-state index is 0.892. The Balaban J connectivity index is 3.63. The maximum Gasteiger partial charge on any atom is 0.0886 e. The highest BCUT2D eigenvalue weighted by molar-refractivity contribution is 4.61. The molecule has 0 aliphatic heterocycles. The summed E-state index contributed by atoms with van der Waals surface area (Å²) in [7, 11) is 4.95. The normalized spacial score (nSPS) is 13.2. The molecule has 1 unspecified atom stereocenters. The molecule has 1 atom stereocenters. The molecule has 0 amide bonds. The van der Waals surface area contributed by atoms with Crippen molar-refractivity contribution in [3.8, 4) is 0 Å². The standard InChI is InChI=1S/C27H58N/c1-6-9-11-12-13-14-15-16-17-18-19-20-21-23-25-27(24-22-10-7-2)28(4,5)26-8-3/h27H,6-26H2,1-5H3/q+1. The maximum atomic E-state index is 2.48. The van der Waals surface area contributed by atoms with Crippen LogP contribution in [0.4, 0.5) is 0 Å². The summed E-state index contributed by atoms with van der Waals surface area (Å²) < 4.78 is 1.25. The Morgan fingerprint density at radius 2 is 0.750 bits per heavy atom. The van der Waals surface area contributed by atoms with Crippen molar-refractivity contribution in [2.24, 2.45) is 0 Å². The Labute approximate surface area is 180 Å². The lowest BCUT2D eigenvalue weighted by molar-refractivity contribution is -0.916. The highest BCUT2D eigenvalue weighted by atomic mass is 15.3. The first-order valence-electron chi connectivity index (χ1n) is 13.4. The average Bonchev–Trinajstić information content (AvgIpc) is 2.66. The van der Waals surface area contributed by atoms with Gasteiger partial charge < -0.3 is 4.48 Å². The summed E-state index contributed by atoms with van der Waals surface area (Å²) >= 11 is 0. The first kappa shape index (κ1) is 28.0. The molecule has 0 radical (unpaired) electrons. The smallest absolute Gasteiger partial charge is 0.0886 e. The van der Waals surface area contributed by atoms with E-state index in [1.54, 1.807) is 0 Å². The highest BCUT2D eigenvalue weighted by Gasteiger charge is 2.26. The van der Waals surface area contributed by atoms with Crippen LogP contribution in [0, 0.1) is 0 Å². The Hall–Kier alpha value is -0.0400. The molecule has 0 aromatic heterocycles. The molecule has 1 heteroatoms. The quantitative estimate of drug-likeness (QED) is 0.126. The topological polar surface area (TPSA) is 0 Å². The van der Waals surface area contributed by atoms with E-state index in [1.807, 2.05) is 0 Å². The van der Waals surface area contributed by atoms with Gasteiger partial charge in [-0.2, -0.15) is 0 Å². The van der Waals surface area contributed by atoms with Gasteiger partial charge in [-0.3, -0.25) is 0 Å². The van der Waals surface area contributed by atoms with Gasteiger partial charge in [0, 0.05) is 0 Å². The summed E-state index contributed by atoms with van der Waals surface area (Å²) in [4.78, 5) is 0. The van der Waals surface area contributed by atoms with Crippen molar-refractivity contribution in [2.75, 3.05) is 20.6 Å². The summed E-state index contributed by atoms with van der Waals surface area (Å²) in [6.45, 7) is 8.32. The van der Waals surface area contributed by atoms with Gasteiger partial charge in [0.2, 0.25) is 0 Å². The molecular weight excluding hydrogens is 338 g/mol. The van der Waals surface area contributed by atoms with Crippen LogP contribution in [0.5, 0.6) is 0 Å². The number of hydrogen-bond acceptors (Lipinski definition) is 0. The third-order valence-corrected chi connectivity index (χ3v) is 6.82. The second-order valence-corrected chi connectivity index (χ2v) is 10.0. The second-order valence-electron chi connectivity index (χ2n) is 10.0. The fourth-order valence-electron chi connectivity index (χ4n) is 4.81. The van der Waals surface area contributed by atoms with Gasteiger partial charge >= 0.3 is 0 Å². The molecule has 0 aliphatic rings. The number of nitrogens with zero attached hydrogens (tertiary/aromatic N) is 1. The van der Waals surface area contributed by atoms with E-state index in [-0.39, 0.29) is 0 Å². The van der Waals surface area contributed by atoms with Gasteiger partial charge in [0.1, 0.15) is 0 Å². The molecule has 28 heavy (non-hydrogen) atoms. The van der Waals surface area contributed by atoms with Crippen LogP contribution in [0.2, 0.25) is 0 Å². The first-order chi connectivity index (χ1) is 13.6. The van der Waals surface area contributed by atoms with Gasteiger partial charge in [-0.15, -0.1) is 0 Å². The Kier molecular flexibility index (Phi) is 20.2. The van der Waals surface area contributed by atoms with Gasteiger partial charge in [0.15, 0.2) is 0 Å². The summed E-state index contributed by atoms with van der Waals surface area (Å²) in [6.07, 6.45) is 28.9. The molecule has 0 heterocycles. The maximum absolute atomic E-state index is 2.48. The average molecular weight is 397 g/mol. The lowest BCUT2D eigenvalue weighted by Crippen LogP contribution is -2.49. The van der Waals surface area contributed by atoms with Gasteiger partial charge in [0.25, 0.3) is 0 Å². The number of rotatable bonds is 22. The van der Waals surface area contributed by atoms with E-state index in [9.17, 15) is 0 Å². The lowest BCUT2D eigenvalue weighted by Gasteiger charge is -2.38. The number of hydrogen-bond donors (Lipinski definition) is 0. The monoisotopic (exact) mass is 396 g/mol. The zero-order chi connectivity index (χ0) is 20.9. The largest absolute Gasteiger partial charge is 0.326 e. The molecule has 0 rings (SSSR count). The zero-order valence-electron chi connectivity index (χ0n) is 20.9. The minimum Gasteiger partial charge on any atom is -0.326 e. The molecule has 0 N–H and O–H groups in total. The van der Waals surface area contributed by atoms with Crippen LogP contribution in [-0.2, 0) is 0 Å². The Bertz CT molecular complexity index is 297. The van der Waals surface area contributed by atoms with E-state index < -0.39 is 0 Å². The summed E-state index contributed by atoms with van der Waals surface area (Å²) in [6, 6.07) is 0.892. The molecule has 0 aliphatic carbocycles. The third kappa shape index (κ3) is 16.9. The van der Waals surface area contributed by atoms with Crippen molar-refractivity contribution in [3.05, 3.63) is 0 Å². The van der Waals surface area contributed by atoms with Crippen LogP contribution in [0.15, 0.2) is 0 Å². The lowest BCUT2D eigenvalue weighted by atomic mass is 9.98. The molecule has 0 bridgehead atoms. The van der Waals surface area contributed by atoms with E-state index in [4.69, 9.17) is 0 Å². The van der Waals surface area contributed by atoms with Crippen molar-refractivity contribution >= 4 is 0 Å². The van der Waals surface area contributed by atoms with Gasteiger partial charge in [0.05, 0.1) is 26.7 Å². The van der Waals surface area contributed by atoms with Gasteiger partial charge in [-0.1, -0.05) is 117 Å². The van der Waals surface area contributed by atoms with Crippen molar-refractivity contribution in [3.63, 3.8) is 0 Å². The predicted molar refractivity (Wildman–Crippen MR) is 130 cm³/mol. The first-order valence-corrected chi connectivity index (χ1v) is 13.4. The molecule has 0 aromatic rings. The molecule has 0 spiro atoms. The van der Waals surface area contributed by atoms with Crippen LogP contribution < -0.4 is 0 Å². The van der Waals surface area contributed by atoms with Crippen LogP contribution in [0.25, 0.3) is 0 Å². The van der Waals surface area contributed by atoms with Crippen molar-refractivity contribution in [1.82, 2.24) is 0 Å². The van der Waals surface area contributed by atoms with E-state index in [2.05, 4.69) is 34.9 Å². The fraction of sp³-hybridized carbons (Fsp3) is 1.00. The van der Waals surface area contributed by atoms with Crippen molar-refractivity contribution in [1.29, 1.82) is 0 Å². The SMILES string of the molecule is CCCCCCCCCCCCCCCCC(CCCCC)[N+](C)(C)CCC. The third-order valence-electron chi connectivity index (χ3n) is 6.82. The van der Waals surface area contributed by atoms with Crippen LogP contribution in [0.1, 0.15) is 149 Å². The van der Waals surface area contributed by atoms with Crippen LogP contribution in [-0.4, -0.2) is 31.2 Å². The minimum absolute atomic E-state index is 0.892. The molecular formula is C27H58N+. The van der Waals surface area contributed by atoms with E-state index in [0.717, 1.165) is 6.04 Å². The molecule has 1 nitrogen and oxygen atoms in total. The predicted octanol–water partition coefficient (Wildman–Crippen LogP) is 9.29. The van der Waals surface area contributed by atoms with Crippen LogP contribution in [0.3, 0.4) is 0 Å². The van der Waals surface area contributed by atoms with Gasteiger partial charge in [-0.25, -0.2) is 0 Å². The van der Waals surface area contributed by atoms with Crippen molar-refractivity contribution in [2.45, 2.75) is 155 Å². The molecule has 0 aromatic carbocycles. The Morgan fingerprint density at radius 3 is 1.14 bits per heavy atom. The van der Waals surface area contributed by atoms with Crippen molar-refractivity contribution < 1.29 is 4.48 Å². The summed E-state index contributed by atoms with van der Waals surface area (Å²) in [5, 5.41) is 0. The molecule has 0 fully saturated rings. The van der Waals surface area contributed by atoms with E-state index in [0.29, 0.717) is 0 Å². The fourth-order valence-corrected chi connectivity index (χ4v) is 4.81. The summed E-state index contributed by atoms with van der Waals surface area (Å²) in [5.41, 5.74) is 0. The van der Waals surface area contributed by atoms with E-state index >= 15 is 0 Å². The summed E-state index contributed by atoms with van der Waals surface area (Å²) in [5.74, 6) is 0. The van der Waals surface area contributed by atoms with E-state index in [1.165, 1.54) is 139 Å². The Morgan fingerprint density at radius 1 is 0.429 bits per heavy atom.